The van der Waals surface area contributed by atoms with E-state index < -0.39 is 66.4 Å². The molecular weight excluding hydrogens is 731 g/mol. The molecule has 2 aliphatic carbocycles. The zero-order valence-electron chi connectivity index (χ0n) is 34.9. The Hall–Kier alpha value is -3.72. The first-order valence-corrected chi connectivity index (χ1v) is 21.7. The molecule has 8 N–H and O–H groups in total. The average molecular weight is 802 g/mol. The molecule has 0 radical (unpaired) electrons. The van der Waals surface area contributed by atoms with E-state index in [0.717, 1.165) is 32.1 Å². The Morgan fingerprint density at radius 2 is 1.25 bits per heavy atom. The topological polar surface area (TPSA) is 218 Å². The number of carbonyl (C=O) groups excluding carboxylic acids is 6. The smallest absolute Gasteiger partial charge is 0.245 e. The van der Waals surface area contributed by atoms with Crippen LogP contribution in [0.5, 0.6) is 0 Å². The van der Waals surface area contributed by atoms with Gasteiger partial charge in [0.15, 0.2) is 0 Å². The highest BCUT2D eigenvalue weighted by molar-refractivity contribution is 5.96. The van der Waals surface area contributed by atoms with Gasteiger partial charge in [-0.3, -0.25) is 28.8 Å². The van der Waals surface area contributed by atoms with Crippen molar-refractivity contribution in [2.45, 2.75) is 161 Å². The maximum absolute atomic E-state index is 14.1. The third kappa shape index (κ3) is 14.3. The molecule has 7 atom stereocenters. The summed E-state index contributed by atoms with van der Waals surface area (Å²) < 4.78 is 0. The van der Waals surface area contributed by atoms with Crippen LogP contribution in [0, 0.1) is 29.6 Å². The molecule has 0 aromatic carbocycles. The molecule has 0 spiro atoms. The fourth-order valence-corrected chi connectivity index (χ4v) is 8.79. The van der Waals surface area contributed by atoms with Crippen molar-refractivity contribution in [3.05, 3.63) is 11.8 Å². The summed E-state index contributed by atoms with van der Waals surface area (Å²) in [6, 6.07) is -3.99. The molecule has 0 bridgehead atoms. The van der Waals surface area contributed by atoms with Crippen molar-refractivity contribution in [2.24, 2.45) is 29.6 Å². The fourth-order valence-electron chi connectivity index (χ4n) is 8.79. The monoisotopic (exact) mass is 802 g/mol. The van der Waals surface area contributed by atoms with Gasteiger partial charge in [0.1, 0.15) is 24.2 Å². The SMILES string of the molecule is CC(C)C[C@H](NC(=O)[C@@H](CC(C)C)NC(=O)[C@H](CC1CCC(O)CC1)NC(=O)[C@H](CO)NC(=O)[C@@H](C)CC1=CNC2CCCCC12)C(=O)NCC(=O)N1CCCC1. The zero-order valence-corrected chi connectivity index (χ0v) is 34.9. The van der Waals surface area contributed by atoms with E-state index in [1.54, 1.807) is 11.8 Å². The minimum atomic E-state index is -1.30. The Labute approximate surface area is 339 Å². The summed E-state index contributed by atoms with van der Waals surface area (Å²) in [6.45, 7) is 9.94. The summed E-state index contributed by atoms with van der Waals surface area (Å²) in [5, 5.41) is 37.7. The molecule has 57 heavy (non-hydrogen) atoms. The first kappa shape index (κ1) is 46.0. The molecule has 1 saturated heterocycles. The molecule has 6 amide bonds. The highest BCUT2D eigenvalue weighted by atomic mass is 16.3. The molecule has 15 heteroatoms. The van der Waals surface area contributed by atoms with E-state index in [2.05, 4.69) is 31.9 Å². The molecule has 15 nitrogen and oxygen atoms in total. The van der Waals surface area contributed by atoms with Crippen LogP contribution in [0.15, 0.2) is 11.8 Å². The van der Waals surface area contributed by atoms with Crippen molar-refractivity contribution in [3.63, 3.8) is 0 Å². The molecule has 2 unspecified atom stereocenters. The molecule has 2 aliphatic heterocycles. The Bertz CT molecular complexity index is 1410. The minimum absolute atomic E-state index is 0.00307. The van der Waals surface area contributed by atoms with E-state index in [4.69, 9.17) is 0 Å². The predicted octanol–water partition coefficient (Wildman–Crippen LogP) is 1.76. The molecule has 2 saturated carbocycles. The zero-order chi connectivity index (χ0) is 41.6. The number of aliphatic hydroxyl groups is 2. The highest BCUT2D eigenvalue weighted by Crippen LogP contribution is 2.36. The number of rotatable bonds is 20. The van der Waals surface area contributed by atoms with Gasteiger partial charge in [-0.05, 0) is 107 Å². The third-order valence-corrected chi connectivity index (χ3v) is 12.1. The first-order valence-electron chi connectivity index (χ1n) is 21.7. The van der Waals surface area contributed by atoms with E-state index in [0.29, 0.717) is 63.6 Å². The van der Waals surface area contributed by atoms with E-state index >= 15 is 0 Å². The van der Waals surface area contributed by atoms with Gasteiger partial charge in [0.05, 0.1) is 19.3 Å². The van der Waals surface area contributed by atoms with Gasteiger partial charge < -0.3 is 47.0 Å². The Balaban J connectivity index is 1.42. The number of hydrogen-bond donors (Lipinski definition) is 8. The van der Waals surface area contributed by atoms with Crippen LogP contribution in [0.25, 0.3) is 0 Å². The van der Waals surface area contributed by atoms with E-state index in [1.165, 1.54) is 12.0 Å². The normalized spacial score (nSPS) is 24.6. The summed E-state index contributed by atoms with van der Waals surface area (Å²) in [5.74, 6) is -2.94. The molecule has 322 valence electrons. The summed E-state index contributed by atoms with van der Waals surface area (Å²) in [6.07, 6.45) is 11.7. The van der Waals surface area contributed by atoms with Gasteiger partial charge in [0.25, 0.3) is 0 Å². The quantitative estimate of drug-likeness (QED) is 0.0899. The van der Waals surface area contributed by atoms with E-state index in [-0.39, 0.29) is 49.0 Å². The lowest BCUT2D eigenvalue weighted by Crippen LogP contribution is -2.59. The number of carbonyl (C=O) groups is 6. The maximum atomic E-state index is 14.1. The molecule has 4 rings (SSSR count). The van der Waals surface area contributed by atoms with Gasteiger partial charge in [-0.2, -0.15) is 0 Å². The van der Waals surface area contributed by atoms with Crippen LogP contribution in [0.2, 0.25) is 0 Å². The van der Waals surface area contributed by atoms with Crippen LogP contribution >= 0.6 is 0 Å². The minimum Gasteiger partial charge on any atom is -0.394 e. The lowest BCUT2D eigenvalue weighted by atomic mass is 9.79. The van der Waals surface area contributed by atoms with Gasteiger partial charge in [-0.25, -0.2) is 0 Å². The van der Waals surface area contributed by atoms with Crippen molar-refractivity contribution in [2.75, 3.05) is 26.2 Å². The number of nitrogens with zero attached hydrogens (tertiary/aromatic N) is 1. The van der Waals surface area contributed by atoms with Crippen molar-refractivity contribution >= 4 is 35.4 Å². The van der Waals surface area contributed by atoms with Crippen LogP contribution < -0.4 is 31.9 Å². The molecule has 0 aromatic rings. The van der Waals surface area contributed by atoms with Crippen molar-refractivity contribution < 1.29 is 39.0 Å². The molecular formula is C42H71N7O8. The van der Waals surface area contributed by atoms with Crippen molar-refractivity contribution in [3.8, 4) is 0 Å². The van der Waals surface area contributed by atoms with Gasteiger partial charge in [0, 0.05) is 31.0 Å². The molecule has 0 aromatic heterocycles. The molecule has 4 aliphatic rings. The van der Waals surface area contributed by atoms with Gasteiger partial charge in [0.2, 0.25) is 35.4 Å². The van der Waals surface area contributed by atoms with E-state index in [1.807, 2.05) is 33.9 Å². The summed E-state index contributed by atoms with van der Waals surface area (Å²) >= 11 is 0. The number of aliphatic hydroxyl groups excluding tert-OH is 2. The highest BCUT2D eigenvalue weighted by Gasteiger charge is 2.36. The van der Waals surface area contributed by atoms with Gasteiger partial charge in [-0.15, -0.1) is 0 Å². The molecule has 3 fully saturated rings. The summed E-state index contributed by atoms with van der Waals surface area (Å²) in [7, 11) is 0. The Morgan fingerprint density at radius 1 is 0.702 bits per heavy atom. The van der Waals surface area contributed by atoms with Crippen LogP contribution in [-0.2, 0) is 28.8 Å². The number of amides is 6. The second kappa shape index (κ2) is 22.4. The van der Waals surface area contributed by atoms with Gasteiger partial charge >= 0.3 is 0 Å². The number of nitrogens with one attached hydrogen (secondary N) is 6. The fraction of sp³-hybridized carbons (Fsp3) is 0.810. The maximum Gasteiger partial charge on any atom is 0.245 e. The summed E-state index contributed by atoms with van der Waals surface area (Å²) in [4.78, 5) is 82.7. The van der Waals surface area contributed by atoms with Crippen molar-refractivity contribution in [1.82, 2.24) is 36.8 Å². The number of fused-ring (bicyclic) bond motifs is 1. The Morgan fingerprint density at radius 3 is 1.86 bits per heavy atom. The lowest BCUT2D eigenvalue weighted by Gasteiger charge is -2.31. The number of hydrogen-bond acceptors (Lipinski definition) is 9. The van der Waals surface area contributed by atoms with Crippen molar-refractivity contribution in [1.29, 1.82) is 0 Å². The third-order valence-electron chi connectivity index (χ3n) is 12.1. The first-order chi connectivity index (χ1) is 27.1. The lowest BCUT2D eigenvalue weighted by molar-refractivity contribution is -0.136. The van der Waals surface area contributed by atoms with Crippen LogP contribution in [0.1, 0.15) is 125 Å². The van der Waals surface area contributed by atoms with Crippen LogP contribution in [0.3, 0.4) is 0 Å². The standard InChI is InChI=1S/C42H71N7O8/c1-25(2)18-33(39(54)44-23-37(52)49-16-8-9-17-49)45-40(55)34(19-26(3)4)46-41(56)35(21-28-12-14-30(51)15-13-28)47-42(57)36(24-50)48-38(53)27(5)20-29-22-43-32-11-7-6-10-31(29)32/h22,25-28,30-36,43,50-51H,6-21,23-24H2,1-5H3,(H,44,54)(H,45,55)(H,46,56)(H,47,57)(H,48,53)/t27-,28?,30?,31?,32?,33-,34+,35-,36-/m0/s1. The van der Waals surface area contributed by atoms with Gasteiger partial charge in [-0.1, -0.05) is 47.5 Å². The molecule has 2 heterocycles. The average Bonchev–Trinajstić information content (AvgIpc) is 3.86. The second-order valence-electron chi connectivity index (χ2n) is 17.9. The predicted molar refractivity (Wildman–Crippen MR) is 216 cm³/mol. The second-order valence-corrected chi connectivity index (χ2v) is 17.9. The largest absolute Gasteiger partial charge is 0.394 e. The van der Waals surface area contributed by atoms with E-state index in [9.17, 15) is 39.0 Å². The summed E-state index contributed by atoms with van der Waals surface area (Å²) in [5.41, 5.74) is 1.20. The van der Waals surface area contributed by atoms with Crippen LogP contribution in [-0.4, -0.2) is 113 Å². The Kier molecular flexibility index (Phi) is 18.1. The number of likely N-dealkylation sites (tertiary alicyclic amines) is 1. The van der Waals surface area contributed by atoms with Crippen LogP contribution in [0.4, 0.5) is 0 Å².